The Morgan fingerprint density at radius 1 is 1.20 bits per heavy atom. The molecular formula is C16H13F4N3OS. The molecule has 4 nitrogen and oxygen atoms in total. The number of thioether (sulfide) groups is 1. The first kappa shape index (κ1) is 17.5. The van der Waals surface area contributed by atoms with E-state index in [2.05, 4.69) is 15.0 Å². The summed E-state index contributed by atoms with van der Waals surface area (Å²) in [6, 6.07) is 10.4. The van der Waals surface area contributed by atoms with Crippen molar-refractivity contribution in [2.45, 2.75) is 23.3 Å². The van der Waals surface area contributed by atoms with Gasteiger partial charge in [-0.1, -0.05) is 23.9 Å². The number of para-hydroxylation sites is 2. The number of hydrogen-bond donors (Lipinski definition) is 1. The van der Waals surface area contributed by atoms with Gasteiger partial charge in [0.1, 0.15) is 5.75 Å². The van der Waals surface area contributed by atoms with Gasteiger partial charge in [0.05, 0.1) is 16.7 Å². The number of nitrogens with one attached hydrogen (secondary N) is 1. The maximum absolute atomic E-state index is 12.9. The second kappa shape index (κ2) is 7.30. The number of hydrogen-bond acceptors (Lipinski definition) is 4. The number of nitrogens with zero attached hydrogens (tertiary/aromatic N) is 2. The van der Waals surface area contributed by atoms with E-state index in [-0.39, 0.29) is 5.75 Å². The van der Waals surface area contributed by atoms with Crippen molar-refractivity contribution in [3.05, 3.63) is 48.3 Å². The van der Waals surface area contributed by atoms with Gasteiger partial charge in [0.15, 0.2) is 11.8 Å². The molecule has 0 unspecified atom stereocenters. The molecule has 132 valence electrons. The molecule has 25 heavy (non-hydrogen) atoms. The molecule has 9 heteroatoms. The zero-order valence-electron chi connectivity index (χ0n) is 12.8. The molecule has 0 fully saturated rings. The fraction of sp³-hybridized carbons (Fsp3) is 0.250. The number of aromatic amines is 1. The van der Waals surface area contributed by atoms with Gasteiger partial charge in [-0.25, -0.2) is 13.8 Å². The topological polar surface area (TPSA) is 50.8 Å². The quantitative estimate of drug-likeness (QED) is 0.490. The minimum atomic E-state index is -4.19. The largest absolute Gasteiger partial charge is 0.487 e. The van der Waals surface area contributed by atoms with Crippen LogP contribution >= 0.6 is 11.8 Å². The third-order valence-electron chi connectivity index (χ3n) is 3.26. The molecule has 0 bridgehead atoms. The van der Waals surface area contributed by atoms with E-state index in [9.17, 15) is 17.6 Å². The van der Waals surface area contributed by atoms with Crippen LogP contribution in [-0.4, -0.2) is 33.9 Å². The highest BCUT2D eigenvalue weighted by Crippen LogP contribution is 2.26. The van der Waals surface area contributed by atoms with E-state index in [0.717, 1.165) is 11.0 Å². The molecule has 3 aromatic rings. The maximum Gasteiger partial charge on any atom is 0.340 e. The summed E-state index contributed by atoms with van der Waals surface area (Å²) in [6.45, 7) is -1.38. The van der Waals surface area contributed by atoms with Crippen molar-refractivity contribution < 1.29 is 22.3 Å². The summed E-state index contributed by atoms with van der Waals surface area (Å²) < 4.78 is 54.8. The Bertz CT molecular complexity index is 823. The summed E-state index contributed by atoms with van der Waals surface area (Å²) in [5.74, 6) is -3.70. The predicted molar refractivity (Wildman–Crippen MR) is 86.3 cm³/mol. The van der Waals surface area contributed by atoms with Crippen molar-refractivity contribution in [1.82, 2.24) is 15.0 Å². The summed E-state index contributed by atoms with van der Waals surface area (Å²) in [5.41, 5.74) is 2.30. The van der Waals surface area contributed by atoms with Crippen LogP contribution in [0.1, 0.15) is 5.69 Å². The van der Waals surface area contributed by atoms with Crippen molar-refractivity contribution in [2.75, 3.05) is 6.61 Å². The molecule has 0 atom stereocenters. The molecule has 1 aromatic carbocycles. The van der Waals surface area contributed by atoms with E-state index in [1.807, 2.05) is 24.3 Å². The second-order valence-corrected chi connectivity index (χ2v) is 6.15. The Hall–Kier alpha value is -2.29. The number of pyridine rings is 1. The number of ether oxygens (including phenoxy) is 1. The molecule has 0 aliphatic heterocycles. The van der Waals surface area contributed by atoms with Gasteiger partial charge in [0.2, 0.25) is 0 Å². The molecule has 0 aliphatic carbocycles. The minimum Gasteiger partial charge on any atom is -0.487 e. The van der Waals surface area contributed by atoms with E-state index in [0.29, 0.717) is 16.6 Å². The number of benzene rings is 1. The number of H-pyrrole nitrogens is 1. The van der Waals surface area contributed by atoms with Crippen LogP contribution in [0, 0.1) is 0 Å². The van der Waals surface area contributed by atoms with Crippen LogP contribution in [-0.2, 0) is 5.75 Å². The first-order chi connectivity index (χ1) is 11.9. The maximum atomic E-state index is 12.9. The SMILES string of the molecule is FC(F)C(F)(F)COc1ccnc(CSc2nc3ccccc3[nH]2)c1. The van der Waals surface area contributed by atoms with Gasteiger partial charge in [-0.3, -0.25) is 4.98 Å². The smallest absolute Gasteiger partial charge is 0.340 e. The molecule has 0 saturated heterocycles. The minimum absolute atomic E-state index is 0.0653. The molecule has 0 radical (unpaired) electrons. The average Bonchev–Trinajstić information content (AvgIpc) is 3.01. The lowest BCUT2D eigenvalue weighted by Crippen LogP contribution is -2.33. The van der Waals surface area contributed by atoms with Crippen LogP contribution in [0.15, 0.2) is 47.8 Å². The van der Waals surface area contributed by atoms with Crippen molar-refractivity contribution in [3.63, 3.8) is 0 Å². The van der Waals surface area contributed by atoms with Crippen LogP contribution in [0.25, 0.3) is 11.0 Å². The molecule has 2 aromatic heterocycles. The van der Waals surface area contributed by atoms with Gasteiger partial charge in [0.25, 0.3) is 0 Å². The van der Waals surface area contributed by atoms with Crippen LogP contribution in [0.4, 0.5) is 17.6 Å². The highest BCUT2D eigenvalue weighted by molar-refractivity contribution is 7.98. The fourth-order valence-electron chi connectivity index (χ4n) is 2.01. The normalized spacial score (nSPS) is 12.0. The second-order valence-electron chi connectivity index (χ2n) is 5.18. The summed E-state index contributed by atoms with van der Waals surface area (Å²) in [5, 5.41) is 0.693. The van der Waals surface area contributed by atoms with Crippen molar-refractivity contribution in [2.24, 2.45) is 0 Å². The lowest BCUT2D eigenvalue weighted by Gasteiger charge is -2.16. The van der Waals surface area contributed by atoms with E-state index < -0.39 is 19.0 Å². The highest BCUT2D eigenvalue weighted by Gasteiger charge is 2.41. The molecule has 0 amide bonds. The van der Waals surface area contributed by atoms with Crippen molar-refractivity contribution >= 4 is 22.8 Å². The van der Waals surface area contributed by atoms with E-state index in [1.165, 1.54) is 30.1 Å². The van der Waals surface area contributed by atoms with E-state index >= 15 is 0 Å². The Morgan fingerprint density at radius 3 is 2.76 bits per heavy atom. The van der Waals surface area contributed by atoms with Crippen molar-refractivity contribution in [3.8, 4) is 5.75 Å². The molecule has 0 aliphatic rings. The van der Waals surface area contributed by atoms with Gasteiger partial charge in [0, 0.05) is 18.0 Å². The number of aromatic nitrogens is 3. The molecule has 2 heterocycles. The van der Waals surface area contributed by atoms with Gasteiger partial charge in [-0.05, 0) is 18.2 Å². The number of fused-ring (bicyclic) bond motifs is 1. The number of halogens is 4. The molecule has 1 N–H and O–H groups in total. The van der Waals surface area contributed by atoms with Crippen molar-refractivity contribution in [1.29, 1.82) is 0 Å². The fourth-order valence-corrected chi connectivity index (χ4v) is 2.79. The lowest BCUT2D eigenvalue weighted by molar-refractivity contribution is -0.148. The first-order valence-electron chi connectivity index (χ1n) is 7.25. The molecule has 3 rings (SSSR count). The van der Waals surface area contributed by atoms with Crippen LogP contribution in [0.3, 0.4) is 0 Å². The predicted octanol–water partition coefficient (Wildman–Crippen LogP) is 4.53. The summed E-state index contributed by atoms with van der Waals surface area (Å²) in [4.78, 5) is 11.7. The monoisotopic (exact) mass is 371 g/mol. The van der Waals surface area contributed by atoms with Gasteiger partial charge < -0.3 is 9.72 Å². The van der Waals surface area contributed by atoms with Crippen LogP contribution in [0.2, 0.25) is 0 Å². The Labute approximate surface area is 144 Å². The lowest BCUT2D eigenvalue weighted by atomic mass is 10.3. The third-order valence-corrected chi connectivity index (χ3v) is 4.17. The Balaban J connectivity index is 1.61. The van der Waals surface area contributed by atoms with Gasteiger partial charge in [-0.15, -0.1) is 0 Å². The standard InChI is InChI=1S/C16H13F4N3OS/c17-14(18)16(19,20)9-24-11-5-6-21-10(7-11)8-25-15-22-12-3-1-2-4-13(12)23-15/h1-7,14H,8-9H2,(H,22,23). The Morgan fingerprint density at radius 2 is 2.00 bits per heavy atom. The summed E-state index contributed by atoms with van der Waals surface area (Å²) in [6.07, 6.45) is -2.39. The van der Waals surface area contributed by atoms with Gasteiger partial charge in [-0.2, -0.15) is 8.78 Å². The zero-order chi connectivity index (χ0) is 17.9. The zero-order valence-corrected chi connectivity index (χ0v) is 13.6. The number of alkyl halides is 4. The van der Waals surface area contributed by atoms with Crippen LogP contribution in [0.5, 0.6) is 5.75 Å². The van der Waals surface area contributed by atoms with Gasteiger partial charge >= 0.3 is 12.3 Å². The first-order valence-corrected chi connectivity index (χ1v) is 8.24. The van der Waals surface area contributed by atoms with E-state index in [4.69, 9.17) is 4.74 Å². The third kappa shape index (κ3) is 4.41. The highest BCUT2D eigenvalue weighted by atomic mass is 32.2. The summed E-state index contributed by atoms with van der Waals surface area (Å²) >= 11 is 1.38. The molecule has 0 saturated carbocycles. The molecule has 0 spiro atoms. The van der Waals surface area contributed by atoms with Crippen LogP contribution < -0.4 is 4.74 Å². The number of imidazole rings is 1. The number of rotatable bonds is 7. The average molecular weight is 371 g/mol. The Kier molecular flexibility index (Phi) is 5.12. The van der Waals surface area contributed by atoms with E-state index in [1.54, 1.807) is 0 Å². The summed E-state index contributed by atoms with van der Waals surface area (Å²) in [7, 11) is 0. The molecular weight excluding hydrogens is 358 g/mol.